The molecule has 2 aromatic rings. The lowest BCUT2D eigenvalue weighted by Gasteiger charge is -2.14. The summed E-state index contributed by atoms with van der Waals surface area (Å²) in [6.45, 7) is 2.89. The van der Waals surface area contributed by atoms with Crippen LogP contribution in [0.5, 0.6) is 5.75 Å². The Bertz CT molecular complexity index is 642. The molecule has 0 fully saturated rings. The van der Waals surface area contributed by atoms with Crippen LogP contribution >= 0.6 is 31.9 Å². The number of aryl methyl sites for hydroxylation is 1. The van der Waals surface area contributed by atoms with Crippen LogP contribution in [0.2, 0.25) is 0 Å². The Morgan fingerprint density at radius 3 is 2.90 bits per heavy atom. The molecule has 0 amide bonds. The molecule has 1 N–H and O–H groups in total. The molecular weight excluding hydrogens is 382 g/mol. The van der Waals surface area contributed by atoms with Gasteiger partial charge in [0.2, 0.25) is 0 Å². The van der Waals surface area contributed by atoms with Crippen LogP contribution in [-0.4, -0.2) is 12.6 Å². The van der Waals surface area contributed by atoms with Gasteiger partial charge in [0.05, 0.1) is 6.54 Å². The van der Waals surface area contributed by atoms with E-state index in [0.29, 0.717) is 0 Å². The molecule has 0 aliphatic carbocycles. The minimum Gasteiger partial charge on any atom is -0.488 e. The molecule has 0 radical (unpaired) electrons. The predicted molar refractivity (Wildman–Crippen MR) is 89.6 cm³/mol. The molecule has 2 nitrogen and oxygen atoms in total. The Hall–Kier alpha value is -1.00. The standard InChI is InChI=1S/C16H15Br2NO/c1-10-2-4-14(18)15(6-10)19-9-13-8-11-7-12(17)3-5-16(11)20-13/h2-7,13,19H,8-9H2,1H3. The van der Waals surface area contributed by atoms with Gasteiger partial charge in [-0.3, -0.25) is 0 Å². The first-order chi connectivity index (χ1) is 9.61. The van der Waals surface area contributed by atoms with Crippen LogP contribution in [0.3, 0.4) is 0 Å². The number of hydrogen-bond donors (Lipinski definition) is 1. The number of halogens is 2. The zero-order valence-electron chi connectivity index (χ0n) is 11.1. The van der Waals surface area contributed by atoms with Gasteiger partial charge >= 0.3 is 0 Å². The van der Waals surface area contributed by atoms with E-state index in [2.05, 4.69) is 68.4 Å². The van der Waals surface area contributed by atoms with Crippen molar-refractivity contribution in [1.82, 2.24) is 0 Å². The summed E-state index contributed by atoms with van der Waals surface area (Å²) in [6.07, 6.45) is 1.14. The summed E-state index contributed by atoms with van der Waals surface area (Å²) in [7, 11) is 0. The number of rotatable bonds is 3. The number of fused-ring (bicyclic) bond motifs is 1. The number of nitrogens with one attached hydrogen (secondary N) is 1. The van der Waals surface area contributed by atoms with E-state index in [1.165, 1.54) is 11.1 Å². The Morgan fingerprint density at radius 2 is 2.05 bits per heavy atom. The lowest BCUT2D eigenvalue weighted by atomic mass is 10.1. The van der Waals surface area contributed by atoms with Crippen LogP contribution in [0.25, 0.3) is 0 Å². The van der Waals surface area contributed by atoms with Crippen molar-refractivity contribution < 1.29 is 4.74 Å². The van der Waals surface area contributed by atoms with Crippen molar-refractivity contribution >= 4 is 37.5 Å². The highest BCUT2D eigenvalue weighted by Gasteiger charge is 2.22. The summed E-state index contributed by atoms with van der Waals surface area (Å²) in [6, 6.07) is 12.5. The van der Waals surface area contributed by atoms with Gasteiger partial charge in [-0.05, 0) is 64.3 Å². The maximum Gasteiger partial charge on any atom is 0.123 e. The van der Waals surface area contributed by atoms with E-state index in [-0.39, 0.29) is 6.10 Å². The van der Waals surface area contributed by atoms with E-state index in [4.69, 9.17) is 4.74 Å². The molecule has 0 saturated carbocycles. The second-order valence-electron chi connectivity index (χ2n) is 5.06. The van der Waals surface area contributed by atoms with Gasteiger partial charge in [-0.15, -0.1) is 0 Å². The Kier molecular flexibility index (Phi) is 4.03. The quantitative estimate of drug-likeness (QED) is 0.793. The third-order valence-electron chi connectivity index (χ3n) is 3.41. The topological polar surface area (TPSA) is 21.3 Å². The summed E-state index contributed by atoms with van der Waals surface area (Å²) in [5.41, 5.74) is 3.63. The Labute approximate surface area is 135 Å². The highest BCUT2D eigenvalue weighted by molar-refractivity contribution is 9.10. The smallest absolute Gasteiger partial charge is 0.123 e. The van der Waals surface area contributed by atoms with Crippen LogP contribution in [0.1, 0.15) is 11.1 Å². The third-order valence-corrected chi connectivity index (χ3v) is 4.59. The fraction of sp³-hybridized carbons (Fsp3) is 0.250. The summed E-state index contributed by atoms with van der Waals surface area (Å²) in [5, 5.41) is 3.46. The van der Waals surface area contributed by atoms with Crippen LogP contribution in [0.4, 0.5) is 5.69 Å². The maximum absolute atomic E-state index is 5.96. The van der Waals surface area contributed by atoms with E-state index in [1.807, 2.05) is 12.1 Å². The fourth-order valence-electron chi connectivity index (χ4n) is 2.40. The molecule has 1 atom stereocenters. The van der Waals surface area contributed by atoms with E-state index in [1.54, 1.807) is 0 Å². The normalized spacial score (nSPS) is 16.6. The average molecular weight is 397 g/mol. The molecule has 0 saturated heterocycles. The molecule has 0 aromatic heterocycles. The summed E-state index contributed by atoms with van der Waals surface area (Å²) in [5.74, 6) is 1.00. The number of anilines is 1. The van der Waals surface area contributed by atoms with Gasteiger partial charge in [-0.25, -0.2) is 0 Å². The van der Waals surface area contributed by atoms with E-state index >= 15 is 0 Å². The second-order valence-corrected chi connectivity index (χ2v) is 6.83. The summed E-state index contributed by atoms with van der Waals surface area (Å²) in [4.78, 5) is 0. The first kappa shape index (κ1) is 14.0. The largest absolute Gasteiger partial charge is 0.488 e. The maximum atomic E-state index is 5.96. The van der Waals surface area contributed by atoms with Gasteiger partial charge in [-0.2, -0.15) is 0 Å². The number of ether oxygens (including phenoxy) is 1. The molecule has 1 unspecified atom stereocenters. The second kappa shape index (κ2) is 5.78. The van der Waals surface area contributed by atoms with E-state index in [9.17, 15) is 0 Å². The first-order valence-corrected chi connectivity index (χ1v) is 8.15. The predicted octanol–water partition coefficient (Wildman–Crippen LogP) is 4.94. The van der Waals surface area contributed by atoms with Gasteiger partial charge in [0, 0.05) is 21.1 Å². The van der Waals surface area contributed by atoms with Crippen molar-refractivity contribution in [2.45, 2.75) is 19.4 Å². The summed E-state index contributed by atoms with van der Waals surface area (Å²) >= 11 is 7.07. The fourth-order valence-corrected chi connectivity index (χ4v) is 3.20. The Morgan fingerprint density at radius 1 is 1.20 bits per heavy atom. The molecule has 1 aliphatic heterocycles. The van der Waals surface area contributed by atoms with Crippen LogP contribution < -0.4 is 10.1 Å². The van der Waals surface area contributed by atoms with Crippen molar-refractivity contribution in [3.63, 3.8) is 0 Å². The number of hydrogen-bond acceptors (Lipinski definition) is 2. The molecule has 20 heavy (non-hydrogen) atoms. The first-order valence-electron chi connectivity index (χ1n) is 6.57. The van der Waals surface area contributed by atoms with Crippen LogP contribution in [0, 0.1) is 6.92 Å². The van der Waals surface area contributed by atoms with Gasteiger partial charge in [0.1, 0.15) is 11.9 Å². The minimum absolute atomic E-state index is 0.187. The summed E-state index contributed by atoms with van der Waals surface area (Å²) < 4.78 is 8.15. The molecule has 0 spiro atoms. The molecular formula is C16H15Br2NO. The average Bonchev–Trinajstić information content (AvgIpc) is 2.81. The molecule has 3 rings (SSSR count). The molecule has 1 heterocycles. The van der Waals surface area contributed by atoms with Crippen molar-refractivity contribution in [3.05, 3.63) is 56.5 Å². The van der Waals surface area contributed by atoms with E-state index in [0.717, 1.165) is 33.3 Å². The minimum atomic E-state index is 0.187. The highest BCUT2D eigenvalue weighted by Crippen LogP contribution is 2.31. The molecule has 4 heteroatoms. The lowest BCUT2D eigenvalue weighted by molar-refractivity contribution is 0.246. The third kappa shape index (κ3) is 3.01. The molecule has 104 valence electrons. The zero-order valence-corrected chi connectivity index (χ0v) is 14.3. The molecule has 0 bridgehead atoms. The highest BCUT2D eigenvalue weighted by atomic mass is 79.9. The van der Waals surface area contributed by atoms with Gasteiger partial charge in [-0.1, -0.05) is 22.0 Å². The SMILES string of the molecule is Cc1ccc(Br)c(NCC2Cc3cc(Br)ccc3O2)c1. The molecule has 2 aromatic carbocycles. The van der Waals surface area contributed by atoms with Crippen LogP contribution in [0.15, 0.2) is 45.3 Å². The lowest BCUT2D eigenvalue weighted by Crippen LogP contribution is -2.24. The van der Waals surface area contributed by atoms with Crippen LogP contribution in [-0.2, 0) is 6.42 Å². The van der Waals surface area contributed by atoms with Gasteiger partial charge < -0.3 is 10.1 Å². The van der Waals surface area contributed by atoms with Crippen molar-refractivity contribution in [3.8, 4) is 5.75 Å². The van der Waals surface area contributed by atoms with E-state index < -0.39 is 0 Å². The number of benzene rings is 2. The molecule has 1 aliphatic rings. The van der Waals surface area contributed by atoms with Crippen molar-refractivity contribution in [1.29, 1.82) is 0 Å². The monoisotopic (exact) mass is 395 g/mol. The zero-order chi connectivity index (χ0) is 14.1. The van der Waals surface area contributed by atoms with Gasteiger partial charge in [0.25, 0.3) is 0 Å². The Balaban J connectivity index is 1.65. The van der Waals surface area contributed by atoms with Crippen molar-refractivity contribution in [2.75, 3.05) is 11.9 Å². The van der Waals surface area contributed by atoms with Gasteiger partial charge in [0.15, 0.2) is 0 Å². The van der Waals surface area contributed by atoms with Crippen molar-refractivity contribution in [2.24, 2.45) is 0 Å².